The SMILES string of the molecule is CC(C)NC(=NCC1CCS(=O)(=O)C1)NCC1CCCCS1. The molecular weight excluding hydrogens is 318 g/mol. The van der Waals surface area contributed by atoms with Crippen LogP contribution in [0.3, 0.4) is 0 Å². The van der Waals surface area contributed by atoms with Gasteiger partial charge >= 0.3 is 0 Å². The van der Waals surface area contributed by atoms with E-state index in [4.69, 9.17) is 0 Å². The zero-order valence-electron chi connectivity index (χ0n) is 13.7. The van der Waals surface area contributed by atoms with Crippen molar-refractivity contribution in [2.45, 2.75) is 50.8 Å². The molecule has 0 aliphatic carbocycles. The number of nitrogens with zero attached hydrogens (tertiary/aromatic N) is 1. The maximum Gasteiger partial charge on any atom is 0.191 e. The Kier molecular flexibility index (Phi) is 6.87. The van der Waals surface area contributed by atoms with Gasteiger partial charge in [0, 0.05) is 24.4 Å². The Morgan fingerprint density at radius 1 is 1.32 bits per heavy atom. The molecule has 2 heterocycles. The molecule has 2 fully saturated rings. The predicted octanol–water partition coefficient (Wildman–Crippen LogP) is 1.65. The van der Waals surface area contributed by atoms with Crippen LogP contribution in [0.4, 0.5) is 0 Å². The van der Waals surface area contributed by atoms with Crippen LogP contribution in [0.1, 0.15) is 39.5 Å². The number of hydrogen-bond acceptors (Lipinski definition) is 4. The quantitative estimate of drug-likeness (QED) is 0.584. The van der Waals surface area contributed by atoms with Crippen LogP contribution in [0.5, 0.6) is 0 Å². The van der Waals surface area contributed by atoms with Crippen LogP contribution in [0.2, 0.25) is 0 Å². The Balaban J connectivity index is 1.83. The van der Waals surface area contributed by atoms with Crippen molar-refractivity contribution in [3.05, 3.63) is 0 Å². The fourth-order valence-electron chi connectivity index (χ4n) is 2.84. The van der Waals surface area contributed by atoms with Gasteiger partial charge in [-0.05, 0) is 44.8 Å². The van der Waals surface area contributed by atoms with Gasteiger partial charge in [0.15, 0.2) is 15.8 Å². The van der Waals surface area contributed by atoms with Crippen molar-refractivity contribution in [3.63, 3.8) is 0 Å². The topological polar surface area (TPSA) is 70.6 Å². The third-order valence-corrected chi connectivity index (χ3v) is 7.27. The number of guanidine groups is 1. The number of rotatable bonds is 5. The Bertz CT molecular complexity index is 471. The number of thioether (sulfide) groups is 1. The molecule has 0 spiro atoms. The lowest BCUT2D eigenvalue weighted by atomic mass is 10.1. The monoisotopic (exact) mass is 347 g/mol. The van der Waals surface area contributed by atoms with E-state index in [0.717, 1.165) is 18.9 Å². The lowest BCUT2D eigenvalue weighted by Crippen LogP contribution is -2.44. The van der Waals surface area contributed by atoms with Crippen LogP contribution in [-0.2, 0) is 9.84 Å². The summed E-state index contributed by atoms with van der Waals surface area (Å²) >= 11 is 2.04. The van der Waals surface area contributed by atoms with Gasteiger partial charge in [0.05, 0.1) is 11.5 Å². The molecule has 2 unspecified atom stereocenters. The maximum atomic E-state index is 11.5. The number of aliphatic imine (C=N–C) groups is 1. The molecule has 0 aromatic heterocycles. The van der Waals surface area contributed by atoms with Crippen molar-refractivity contribution in [2.75, 3.05) is 30.3 Å². The van der Waals surface area contributed by atoms with E-state index in [1.165, 1.54) is 25.0 Å². The fourth-order valence-corrected chi connectivity index (χ4v) is 5.93. The molecule has 7 heteroatoms. The molecule has 2 aliphatic heterocycles. The van der Waals surface area contributed by atoms with Gasteiger partial charge in [-0.25, -0.2) is 8.42 Å². The van der Waals surface area contributed by atoms with Gasteiger partial charge in [-0.15, -0.1) is 0 Å². The van der Waals surface area contributed by atoms with Crippen molar-refractivity contribution in [1.82, 2.24) is 10.6 Å². The Morgan fingerprint density at radius 2 is 2.14 bits per heavy atom. The van der Waals surface area contributed by atoms with Crippen molar-refractivity contribution in [3.8, 4) is 0 Å². The van der Waals surface area contributed by atoms with Crippen LogP contribution < -0.4 is 10.6 Å². The molecule has 22 heavy (non-hydrogen) atoms. The van der Waals surface area contributed by atoms with E-state index in [1.54, 1.807) is 0 Å². The highest BCUT2D eigenvalue weighted by Gasteiger charge is 2.27. The minimum atomic E-state index is -2.81. The Morgan fingerprint density at radius 3 is 2.73 bits per heavy atom. The second-order valence-electron chi connectivity index (χ2n) is 6.63. The van der Waals surface area contributed by atoms with Crippen LogP contribution in [0.25, 0.3) is 0 Å². The van der Waals surface area contributed by atoms with E-state index in [9.17, 15) is 8.42 Å². The van der Waals surface area contributed by atoms with Gasteiger partial charge in [0.25, 0.3) is 0 Å². The number of nitrogens with one attached hydrogen (secondary N) is 2. The molecule has 0 bridgehead atoms. The smallest absolute Gasteiger partial charge is 0.191 e. The molecule has 2 atom stereocenters. The molecule has 0 radical (unpaired) electrons. The van der Waals surface area contributed by atoms with E-state index in [0.29, 0.717) is 29.3 Å². The van der Waals surface area contributed by atoms with Gasteiger partial charge in [-0.3, -0.25) is 4.99 Å². The molecular formula is C15H29N3O2S2. The van der Waals surface area contributed by atoms with Crippen molar-refractivity contribution in [2.24, 2.45) is 10.9 Å². The highest BCUT2D eigenvalue weighted by Crippen LogP contribution is 2.24. The van der Waals surface area contributed by atoms with Crippen molar-refractivity contribution >= 4 is 27.6 Å². The first-order valence-corrected chi connectivity index (χ1v) is 11.2. The van der Waals surface area contributed by atoms with Gasteiger partial charge < -0.3 is 10.6 Å². The first kappa shape index (κ1) is 17.9. The molecule has 5 nitrogen and oxygen atoms in total. The van der Waals surface area contributed by atoms with Gasteiger partial charge in [0.2, 0.25) is 0 Å². The van der Waals surface area contributed by atoms with E-state index >= 15 is 0 Å². The summed E-state index contributed by atoms with van der Waals surface area (Å²) in [6.07, 6.45) is 4.68. The summed E-state index contributed by atoms with van der Waals surface area (Å²) in [6, 6.07) is 0.317. The fraction of sp³-hybridized carbons (Fsp3) is 0.933. The Hall–Kier alpha value is -0.430. The van der Waals surface area contributed by atoms with Crippen LogP contribution in [0, 0.1) is 5.92 Å². The summed E-state index contributed by atoms with van der Waals surface area (Å²) in [5, 5.41) is 7.44. The highest BCUT2D eigenvalue weighted by molar-refractivity contribution is 7.99. The maximum absolute atomic E-state index is 11.5. The summed E-state index contributed by atoms with van der Waals surface area (Å²) in [5.74, 6) is 2.89. The summed E-state index contributed by atoms with van der Waals surface area (Å²) < 4.78 is 23.0. The molecule has 2 N–H and O–H groups in total. The number of sulfone groups is 1. The third kappa shape index (κ3) is 6.36. The molecule has 2 aliphatic rings. The molecule has 2 rings (SSSR count). The minimum Gasteiger partial charge on any atom is -0.355 e. The highest BCUT2D eigenvalue weighted by atomic mass is 32.2. The zero-order chi connectivity index (χ0) is 16.0. The lowest BCUT2D eigenvalue weighted by Gasteiger charge is -2.23. The van der Waals surface area contributed by atoms with E-state index in [-0.39, 0.29) is 5.92 Å². The molecule has 0 saturated carbocycles. The van der Waals surface area contributed by atoms with Crippen LogP contribution >= 0.6 is 11.8 Å². The van der Waals surface area contributed by atoms with Gasteiger partial charge in [0.1, 0.15) is 0 Å². The minimum absolute atomic E-state index is 0.180. The van der Waals surface area contributed by atoms with Crippen molar-refractivity contribution < 1.29 is 8.42 Å². The predicted molar refractivity (Wildman–Crippen MR) is 95.4 cm³/mol. The van der Waals surface area contributed by atoms with Gasteiger partial charge in [-0.1, -0.05) is 6.42 Å². The molecule has 0 amide bonds. The average molecular weight is 348 g/mol. The first-order valence-electron chi connectivity index (χ1n) is 8.31. The first-order chi connectivity index (χ1) is 10.4. The molecule has 2 saturated heterocycles. The normalized spacial score (nSPS) is 28.8. The standard InChI is InChI=1S/C15H29N3O2S2/c1-12(2)18-15(17-10-14-5-3-4-7-21-14)16-9-13-6-8-22(19,20)11-13/h12-14H,3-11H2,1-2H3,(H2,16,17,18). The van der Waals surface area contributed by atoms with Crippen LogP contribution in [0.15, 0.2) is 4.99 Å². The summed E-state index contributed by atoms with van der Waals surface area (Å²) in [7, 11) is -2.81. The van der Waals surface area contributed by atoms with E-state index < -0.39 is 9.84 Å². The second kappa shape index (κ2) is 8.43. The van der Waals surface area contributed by atoms with Crippen molar-refractivity contribution in [1.29, 1.82) is 0 Å². The summed E-state index contributed by atoms with van der Waals surface area (Å²) in [4.78, 5) is 4.62. The largest absolute Gasteiger partial charge is 0.355 e. The molecule has 0 aromatic rings. The average Bonchev–Trinajstić information content (AvgIpc) is 2.82. The Labute approximate surface area is 139 Å². The third-order valence-electron chi connectivity index (χ3n) is 4.03. The van der Waals surface area contributed by atoms with E-state index in [1.807, 2.05) is 11.8 Å². The second-order valence-corrected chi connectivity index (χ2v) is 10.3. The summed E-state index contributed by atoms with van der Waals surface area (Å²) in [6.45, 7) is 5.71. The molecule has 128 valence electrons. The van der Waals surface area contributed by atoms with Gasteiger partial charge in [-0.2, -0.15) is 11.8 Å². The number of hydrogen-bond donors (Lipinski definition) is 2. The lowest BCUT2D eigenvalue weighted by molar-refractivity contribution is 0.586. The zero-order valence-corrected chi connectivity index (χ0v) is 15.3. The van der Waals surface area contributed by atoms with Crippen LogP contribution in [-0.4, -0.2) is 56.0 Å². The molecule has 0 aromatic carbocycles. The van der Waals surface area contributed by atoms with E-state index in [2.05, 4.69) is 29.5 Å². The summed E-state index contributed by atoms with van der Waals surface area (Å²) in [5.41, 5.74) is 0.